The van der Waals surface area contributed by atoms with E-state index in [1.54, 1.807) is 48.5 Å². The Bertz CT molecular complexity index is 832. The number of carbonyl (C=O) groups is 3. The zero-order chi connectivity index (χ0) is 18.5. The lowest BCUT2D eigenvalue weighted by Crippen LogP contribution is -2.23. The van der Waals surface area contributed by atoms with Crippen LogP contribution in [0.5, 0.6) is 0 Å². The summed E-state index contributed by atoms with van der Waals surface area (Å²) in [5, 5.41) is 5.91. The number of rotatable bonds is 6. The van der Waals surface area contributed by atoms with Crippen LogP contribution >= 0.6 is 11.6 Å². The lowest BCUT2D eigenvalue weighted by molar-refractivity contribution is -0.148. The van der Waals surface area contributed by atoms with Gasteiger partial charge in [0.25, 0.3) is 11.8 Å². The predicted molar refractivity (Wildman–Crippen MR) is 98.2 cm³/mol. The Hall–Kier alpha value is -2.86. The van der Waals surface area contributed by atoms with E-state index in [1.807, 2.05) is 0 Å². The summed E-state index contributed by atoms with van der Waals surface area (Å²) in [5.41, 5.74) is 1.22. The third kappa shape index (κ3) is 4.83. The molecule has 0 heterocycles. The second kappa shape index (κ2) is 8.01. The van der Waals surface area contributed by atoms with E-state index < -0.39 is 5.91 Å². The minimum Gasteiger partial charge on any atom is -0.455 e. The van der Waals surface area contributed by atoms with Gasteiger partial charge in [-0.2, -0.15) is 0 Å². The molecule has 0 spiro atoms. The molecule has 0 aromatic heterocycles. The van der Waals surface area contributed by atoms with Gasteiger partial charge in [0.15, 0.2) is 6.61 Å². The molecule has 2 aromatic carbocycles. The maximum Gasteiger partial charge on any atom is 0.309 e. The molecule has 0 bridgehead atoms. The largest absolute Gasteiger partial charge is 0.455 e. The fraction of sp³-hybridized carbons (Fsp3) is 0.211. The van der Waals surface area contributed by atoms with Gasteiger partial charge in [0.2, 0.25) is 0 Å². The first-order valence-electron chi connectivity index (χ1n) is 8.15. The molecule has 1 saturated carbocycles. The smallest absolute Gasteiger partial charge is 0.309 e. The number of benzene rings is 2. The zero-order valence-corrected chi connectivity index (χ0v) is 14.6. The molecular formula is C19H17ClN2O4. The van der Waals surface area contributed by atoms with Crippen molar-refractivity contribution in [1.29, 1.82) is 0 Å². The van der Waals surface area contributed by atoms with Crippen molar-refractivity contribution in [1.82, 2.24) is 0 Å². The summed E-state index contributed by atoms with van der Waals surface area (Å²) in [6.07, 6.45) is 1.63. The van der Waals surface area contributed by atoms with E-state index in [2.05, 4.69) is 10.6 Å². The Morgan fingerprint density at radius 3 is 2.38 bits per heavy atom. The highest BCUT2D eigenvalue weighted by molar-refractivity contribution is 6.30. The highest BCUT2D eigenvalue weighted by atomic mass is 35.5. The minimum absolute atomic E-state index is 0.0692. The van der Waals surface area contributed by atoms with Crippen LogP contribution in [0.15, 0.2) is 48.5 Å². The van der Waals surface area contributed by atoms with Crippen molar-refractivity contribution in [2.75, 3.05) is 17.2 Å². The maximum atomic E-state index is 12.5. The molecule has 2 aromatic rings. The fourth-order valence-corrected chi connectivity index (χ4v) is 2.41. The van der Waals surface area contributed by atoms with E-state index in [1.165, 1.54) is 0 Å². The molecule has 6 nitrogen and oxygen atoms in total. The molecule has 1 fully saturated rings. The Morgan fingerprint density at radius 2 is 1.69 bits per heavy atom. The van der Waals surface area contributed by atoms with Gasteiger partial charge in [-0.25, -0.2) is 0 Å². The zero-order valence-electron chi connectivity index (χ0n) is 13.8. The molecule has 1 aliphatic carbocycles. The van der Waals surface area contributed by atoms with E-state index >= 15 is 0 Å². The number of halogens is 1. The van der Waals surface area contributed by atoms with Gasteiger partial charge < -0.3 is 15.4 Å². The average Bonchev–Trinajstić information content (AvgIpc) is 3.47. The molecule has 0 saturated heterocycles. The highest BCUT2D eigenvalue weighted by Crippen LogP contribution is 2.30. The number of carbonyl (C=O) groups excluding carboxylic acids is 3. The molecule has 0 atom stereocenters. The van der Waals surface area contributed by atoms with E-state index in [9.17, 15) is 14.4 Å². The number of hydrogen-bond donors (Lipinski definition) is 2. The summed E-state index contributed by atoms with van der Waals surface area (Å²) in [6.45, 7) is -0.373. The van der Waals surface area contributed by atoms with Gasteiger partial charge in [-0.1, -0.05) is 23.7 Å². The molecule has 7 heteroatoms. The van der Waals surface area contributed by atoms with Gasteiger partial charge in [0.1, 0.15) is 0 Å². The molecule has 0 aliphatic heterocycles. The molecule has 134 valence electrons. The van der Waals surface area contributed by atoms with E-state index in [-0.39, 0.29) is 24.4 Å². The third-order valence-corrected chi connectivity index (χ3v) is 4.06. The number of para-hydroxylation sites is 1. The summed E-state index contributed by atoms with van der Waals surface area (Å²) in [6, 6.07) is 13.3. The standard InChI is InChI=1S/C19H17ClN2O4/c20-13-7-9-14(10-8-13)21-18(24)15-3-1-2-4-16(15)22-17(23)11-26-19(25)12-5-6-12/h1-4,7-10,12H,5-6,11H2,(H,21,24)(H,22,23). The molecule has 2 amide bonds. The van der Waals surface area contributed by atoms with Crippen molar-refractivity contribution in [3.63, 3.8) is 0 Å². The first-order chi connectivity index (χ1) is 12.5. The van der Waals surface area contributed by atoms with Crippen LogP contribution < -0.4 is 10.6 Å². The first kappa shape index (κ1) is 17.9. The van der Waals surface area contributed by atoms with Crippen LogP contribution in [0.4, 0.5) is 11.4 Å². The normalized spacial score (nSPS) is 13.0. The van der Waals surface area contributed by atoms with Crippen molar-refractivity contribution >= 4 is 40.8 Å². The number of hydrogen-bond acceptors (Lipinski definition) is 4. The molecule has 0 unspecified atom stereocenters. The number of amides is 2. The van der Waals surface area contributed by atoms with Crippen LogP contribution in [0.1, 0.15) is 23.2 Å². The van der Waals surface area contributed by atoms with Crippen LogP contribution in [-0.4, -0.2) is 24.4 Å². The predicted octanol–water partition coefficient (Wildman–Crippen LogP) is 3.48. The van der Waals surface area contributed by atoms with E-state index in [0.29, 0.717) is 22.0 Å². The quantitative estimate of drug-likeness (QED) is 0.760. The van der Waals surface area contributed by atoms with Crippen molar-refractivity contribution in [2.24, 2.45) is 5.92 Å². The molecular weight excluding hydrogens is 356 g/mol. The van der Waals surface area contributed by atoms with Crippen molar-refractivity contribution in [3.05, 3.63) is 59.1 Å². The Balaban J connectivity index is 1.62. The second-order valence-electron chi connectivity index (χ2n) is 5.94. The number of nitrogens with one attached hydrogen (secondary N) is 2. The molecule has 1 aliphatic rings. The molecule has 0 radical (unpaired) electrons. The van der Waals surface area contributed by atoms with Gasteiger partial charge in [-0.05, 0) is 49.2 Å². The maximum absolute atomic E-state index is 12.5. The van der Waals surface area contributed by atoms with Crippen LogP contribution in [-0.2, 0) is 14.3 Å². The van der Waals surface area contributed by atoms with Crippen molar-refractivity contribution in [2.45, 2.75) is 12.8 Å². The van der Waals surface area contributed by atoms with Crippen LogP contribution in [0.3, 0.4) is 0 Å². The Kier molecular flexibility index (Phi) is 5.53. The van der Waals surface area contributed by atoms with Crippen LogP contribution in [0.2, 0.25) is 5.02 Å². The minimum atomic E-state index is -0.495. The first-order valence-corrected chi connectivity index (χ1v) is 8.53. The van der Waals surface area contributed by atoms with Crippen LogP contribution in [0, 0.1) is 5.92 Å². The van der Waals surface area contributed by atoms with E-state index in [4.69, 9.17) is 16.3 Å². The summed E-state index contributed by atoms with van der Waals surface area (Å²) in [5.74, 6) is -1.29. The van der Waals surface area contributed by atoms with Gasteiger partial charge in [-0.3, -0.25) is 14.4 Å². The lowest BCUT2D eigenvalue weighted by atomic mass is 10.1. The van der Waals surface area contributed by atoms with Gasteiger partial charge >= 0.3 is 5.97 Å². The summed E-state index contributed by atoms with van der Waals surface area (Å²) < 4.78 is 4.94. The number of ether oxygens (including phenoxy) is 1. The topological polar surface area (TPSA) is 84.5 Å². The monoisotopic (exact) mass is 372 g/mol. The number of anilines is 2. The van der Waals surface area contributed by atoms with Gasteiger partial charge in [0.05, 0.1) is 17.2 Å². The summed E-state index contributed by atoms with van der Waals surface area (Å²) in [4.78, 5) is 36.0. The van der Waals surface area contributed by atoms with E-state index in [0.717, 1.165) is 12.8 Å². The molecule has 2 N–H and O–H groups in total. The Morgan fingerprint density at radius 1 is 1.00 bits per heavy atom. The highest BCUT2D eigenvalue weighted by Gasteiger charge is 2.31. The van der Waals surface area contributed by atoms with Gasteiger partial charge in [0, 0.05) is 10.7 Å². The van der Waals surface area contributed by atoms with Crippen LogP contribution in [0.25, 0.3) is 0 Å². The summed E-state index contributed by atoms with van der Waals surface area (Å²) >= 11 is 5.83. The van der Waals surface area contributed by atoms with Crippen molar-refractivity contribution < 1.29 is 19.1 Å². The lowest BCUT2D eigenvalue weighted by Gasteiger charge is -2.12. The SMILES string of the molecule is O=C(COC(=O)C1CC1)Nc1ccccc1C(=O)Nc1ccc(Cl)cc1. The Labute approximate surface area is 155 Å². The number of esters is 1. The molecule has 26 heavy (non-hydrogen) atoms. The average molecular weight is 373 g/mol. The molecule has 3 rings (SSSR count). The second-order valence-corrected chi connectivity index (χ2v) is 6.37. The van der Waals surface area contributed by atoms with Gasteiger partial charge in [-0.15, -0.1) is 0 Å². The van der Waals surface area contributed by atoms with Crippen molar-refractivity contribution in [3.8, 4) is 0 Å². The fourth-order valence-electron chi connectivity index (χ4n) is 2.28. The third-order valence-electron chi connectivity index (χ3n) is 3.80. The summed E-state index contributed by atoms with van der Waals surface area (Å²) in [7, 11) is 0.